The summed E-state index contributed by atoms with van der Waals surface area (Å²) >= 11 is 0. The van der Waals surface area contributed by atoms with Crippen LogP contribution in [0.4, 0.5) is 0 Å². The molecule has 0 aromatic rings. The SMILES string of the molecule is CCCN.C[Si](C)C.C[Si](O[C-]=O)O[C-]=O.[Re].[Rf].[Rf].[Rf]. The van der Waals surface area contributed by atoms with Crippen LogP contribution in [0, 0.1) is 0 Å². The van der Waals surface area contributed by atoms with Crippen LogP contribution in [0.15, 0.2) is 0 Å². The van der Waals surface area contributed by atoms with Crippen LogP contribution in [0.2, 0.25) is 26.2 Å². The molecule has 0 saturated carbocycles. The van der Waals surface area contributed by atoms with Gasteiger partial charge < -0.3 is 24.2 Å². The van der Waals surface area contributed by atoms with Gasteiger partial charge in [-0.2, -0.15) is 0 Å². The first-order valence-electron chi connectivity index (χ1n) is 4.84. The Morgan fingerprint density at radius 2 is 1.15 bits per heavy atom. The van der Waals surface area contributed by atoms with Gasteiger partial charge in [0.1, 0.15) is 0 Å². The summed E-state index contributed by atoms with van der Waals surface area (Å²) in [4.78, 5) is 18.7. The summed E-state index contributed by atoms with van der Waals surface area (Å²) in [6.07, 6.45) is 1.10. The zero-order valence-corrected chi connectivity index (χ0v) is 37.0. The van der Waals surface area contributed by atoms with Gasteiger partial charge in [0.2, 0.25) is 0 Å². The Kier molecular flexibility index (Phi) is 96.7. The molecule has 11 heteroatoms. The van der Waals surface area contributed by atoms with Crippen LogP contribution in [-0.4, -0.2) is 37.6 Å². The van der Waals surface area contributed by atoms with Crippen molar-refractivity contribution in [2.24, 2.45) is 5.73 Å². The van der Waals surface area contributed by atoms with E-state index >= 15 is 0 Å². The minimum atomic E-state index is -1.74. The summed E-state index contributed by atoms with van der Waals surface area (Å²) in [7, 11) is -1.62. The number of rotatable bonds is 5. The van der Waals surface area contributed by atoms with Gasteiger partial charge in [0, 0.05) is 35.8 Å². The van der Waals surface area contributed by atoms with Gasteiger partial charge in [0.05, 0.1) is 0 Å². The molecule has 0 heterocycles. The summed E-state index contributed by atoms with van der Waals surface area (Å²) in [6, 6.07) is 0. The Bertz CT molecular complexity index is 150. The third kappa shape index (κ3) is 184. The van der Waals surface area contributed by atoms with Crippen LogP contribution >= 0.6 is 0 Å². The molecular weight excluding hydrogens is 1230 g/mol. The van der Waals surface area contributed by atoms with E-state index in [0.717, 1.165) is 25.9 Å². The number of carbonyl (C=O) groups excluding carboxylic acids is 2. The Balaban J connectivity index is -0.0000000249. The van der Waals surface area contributed by atoms with Crippen LogP contribution in [0.3, 0.4) is 0 Å². The molecule has 0 aromatic carbocycles. The van der Waals surface area contributed by atoms with Gasteiger partial charge in [-0.15, -0.1) is 0 Å². The first-order valence-corrected chi connectivity index (χ1v) is 9.66. The van der Waals surface area contributed by atoms with E-state index in [-0.39, 0.29) is 29.2 Å². The van der Waals surface area contributed by atoms with Crippen molar-refractivity contribution in [2.45, 2.75) is 39.5 Å². The molecule has 0 fully saturated rings. The maximum Gasteiger partial charge on any atom is 0.459 e. The Hall–Kier alpha value is -3.00. The molecule has 3 radical (unpaired) electrons. The number of nitrogens with two attached hydrogens (primary N) is 1. The molecule has 2 N–H and O–H groups in total. The van der Waals surface area contributed by atoms with Gasteiger partial charge in [-0.1, -0.05) is 39.5 Å². The van der Waals surface area contributed by atoms with Gasteiger partial charge in [-0.25, -0.2) is 0 Å². The van der Waals surface area contributed by atoms with Crippen molar-refractivity contribution in [3.8, 4) is 0 Å². The van der Waals surface area contributed by atoms with E-state index in [1.165, 1.54) is 6.55 Å². The summed E-state index contributed by atoms with van der Waals surface area (Å²) < 4.78 is 8.19. The largest absolute Gasteiger partial charge is 0.679 e. The van der Waals surface area contributed by atoms with Crippen LogP contribution < -0.4 is 5.73 Å². The molecule has 0 amide bonds. The second-order valence-corrected chi connectivity index (χ2v) is 7.54. The third-order valence-corrected chi connectivity index (χ3v) is 1.40. The molecule has 0 atom stereocenters. The molecule has 0 aliphatic rings. The summed E-state index contributed by atoms with van der Waals surface area (Å²) in [5, 5.41) is 0. The molecule has 0 spiro atoms. The summed E-state index contributed by atoms with van der Waals surface area (Å²) in [5.41, 5.74) is 5.03. The molecule has 0 aliphatic heterocycles. The van der Waals surface area contributed by atoms with E-state index in [0.29, 0.717) is 0 Å². The minimum absolute atomic E-state index is 0. The Morgan fingerprint density at radius 1 is 0.950 bits per heavy atom. The van der Waals surface area contributed by atoms with Crippen molar-refractivity contribution >= 4 is 31.0 Å². The molecule has 0 aliphatic carbocycles. The molecule has 0 bridgehead atoms. The zero-order chi connectivity index (χ0) is 13.4. The van der Waals surface area contributed by atoms with Gasteiger partial charge in [0.15, 0.2) is 0 Å². The smallest absolute Gasteiger partial charge is 0.459 e. The fraction of sp³-hybridized carbons (Fsp3) is 0.778. The van der Waals surface area contributed by atoms with Crippen molar-refractivity contribution < 1.29 is 38.9 Å². The molecule has 0 rings (SSSR count). The van der Waals surface area contributed by atoms with Gasteiger partial charge >= 0.3 is 9.28 Å². The molecule has 20 heavy (non-hydrogen) atoms. The van der Waals surface area contributed by atoms with E-state index in [2.05, 4.69) is 35.4 Å². The maximum absolute atomic E-state index is 9.36. The first-order chi connectivity index (χ1) is 7.45. The fourth-order valence-electron chi connectivity index (χ4n) is 0.138. The van der Waals surface area contributed by atoms with E-state index in [9.17, 15) is 9.59 Å². The van der Waals surface area contributed by atoms with Crippen molar-refractivity contribution in [1.82, 2.24) is 0 Å². The Labute approximate surface area is 122 Å². The fourth-order valence-corrected chi connectivity index (χ4v) is 0.415. The van der Waals surface area contributed by atoms with E-state index in [1.54, 1.807) is 0 Å². The van der Waals surface area contributed by atoms with Crippen molar-refractivity contribution in [2.75, 3.05) is 6.54 Å². The molecule has 0 aromatic heterocycles. The number of hydrogen-bond donors (Lipinski definition) is 1. The van der Waals surface area contributed by atoms with Crippen LogP contribution in [0.25, 0.3) is 0 Å². The molecule has 5 nitrogen and oxygen atoms in total. The minimum Gasteiger partial charge on any atom is -0.679 e. The molecule has 0 unspecified atom stereocenters. The second-order valence-electron chi connectivity index (χ2n) is 3.15. The first kappa shape index (κ1) is 43.5. The Morgan fingerprint density at radius 3 is 1.25 bits per heavy atom. The monoisotopic (exact) mass is 1250 g/mol. The van der Waals surface area contributed by atoms with E-state index in [4.69, 9.17) is 5.73 Å². The predicted molar refractivity (Wildman–Crippen MR) is 67.9 cm³/mol. The second kappa shape index (κ2) is 44.4. The molecule has 0 saturated heterocycles. The summed E-state index contributed by atoms with van der Waals surface area (Å²) in [6.45, 7) is 13.4. The normalized spacial score (nSPS) is 6.60. The van der Waals surface area contributed by atoms with Gasteiger partial charge in [0.25, 0.3) is 0 Å². The number of hydrogen-bond acceptors (Lipinski definition) is 5. The quantitative estimate of drug-likeness (QED) is 0.329. The van der Waals surface area contributed by atoms with Gasteiger partial charge in [-0.05, 0) is 13.0 Å². The summed E-state index contributed by atoms with van der Waals surface area (Å²) in [5.74, 6) is 0. The molecular formula is C9H21NO4ReRf3Si2-2. The topological polar surface area (TPSA) is 78.6 Å². The van der Waals surface area contributed by atoms with E-state index in [1.807, 2.05) is 0 Å². The predicted octanol–water partition coefficient (Wildman–Crippen LogP) is 0.995. The van der Waals surface area contributed by atoms with Crippen molar-refractivity contribution in [3.05, 3.63) is 0 Å². The third-order valence-electron chi connectivity index (χ3n) is 0.659. The van der Waals surface area contributed by atoms with Crippen molar-refractivity contribution in [3.63, 3.8) is 0 Å². The van der Waals surface area contributed by atoms with E-state index < -0.39 is 9.28 Å². The van der Waals surface area contributed by atoms with Crippen molar-refractivity contribution in [1.29, 1.82) is 0 Å². The van der Waals surface area contributed by atoms with Crippen LogP contribution in [-0.2, 0) is 38.9 Å². The standard InChI is InChI=1S/C3H9N.C3H3O4Si.C3H9Si.Re.3Rf/c1-2-3-4;1-8(6-2-4)7-3-5;1-4(2)3;;;;/h2-4H2,1H3;1H3;1-3H3;;;;/q;-2;;;;;. The average molecular weight is 1250 g/mol. The van der Waals surface area contributed by atoms with Crippen LogP contribution in [0.5, 0.6) is 0 Å². The maximum atomic E-state index is 9.36. The van der Waals surface area contributed by atoms with Gasteiger partial charge in [-0.3, -0.25) is 0 Å². The zero-order valence-electron chi connectivity index (χ0n) is 13.1. The average Bonchev–Trinajstić information content (AvgIpc) is 2.18. The molecule has 109 valence electrons. The van der Waals surface area contributed by atoms with Crippen LogP contribution in [0.1, 0.15) is 13.3 Å².